The maximum absolute atomic E-state index is 12.4. The van der Waals surface area contributed by atoms with Gasteiger partial charge in [0.2, 0.25) is 10.0 Å². The van der Waals surface area contributed by atoms with Gasteiger partial charge >= 0.3 is 0 Å². The average molecular weight is 327 g/mol. The Morgan fingerprint density at radius 2 is 2.19 bits per heavy atom. The Labute approximate surface area is 130 Å². The first-order valence-corrected chi connectivity index (χ1v) is 9.27. The van der Waals surface area contributed by atoms with E-state index in [1.807, 2.05) is 42.3 Å². The van der Waals surface area contributed by atoms with Crippen LogP contribution in [0.2, 0.25) is 0 Å². The lowest BCUT2D eigenvalue weighted by molar-refractivity contribution is 0.567. The molecule has 116 valence electrons. The van der Waals surface area contributed by atoms with E-state index in [1.165, 1.54) is 0 Å². The zero-order chi connectivity index (χ0) is 15.5. The Bertz CT molecular complexity index is 675. The van der Waals surface area contributed by atoms with E-state index in [9.17, 15) is 8.42 Å². The predicted octanol–water partition coefficient (Wildman–Crippen LogP) is 2.24. The van der Waals surface area contributed by atoms with Crippen LogP contribution in [0.3, 0.4) is 0 Å². The normalized spacial score (nSPS) is 13.5. The predicted molar refractivity (Wildman–Crippen MR) is 85.8 cm³/mol. The molecule has 2 heterocycles. The first-order chi connectivity index (χ1) is 9.94. The van der Waals surface area contributed by atoms with Crippen LogP contribution in [-0.2, 0) is 23.6 Å². The van der Waals surface area contributed by atoms with Crippen LogP contribution < -0.4 is 10.0 Å². The molecule has 0 saturated heterocycles. The molecule has 1 unspecified atom stereocenters. The Kier molecular flexibility index (Phi) is 5.21. The van der Waals surface area contributed by atoms with Gasteiger partial charge in [0.25, 0.3) is 0 Å². The molecule has 0 aliphatic rings. The maximum atomic E-state index is 12.4. The lowest BCUT2D eigenvalue weighted by atomic mass is 10.2. The molecule has 0 radical (unpaired) electrons. The number of sulfonamides is 1. The van der Waals surface area contributed by atoms with Crippen LogP contribution in [0.15, 0.2) is 34.0 Å². The minimum Gasteiger partial charge on any atom is -0.352 e. The standard InChI is InChI=1S/C14H21N3O2S2/c1-4-15-8-13-7-14(9-17(13)3)21(18,19)16-11(2)12-5-6-20-10-12/h5-7,9-11,15-16H,4,8H2,1-3H3. The Morgan fingerprint density at radius 1 is 1.43 bits per heavy atom. The number of aryl methyl sites for hydroxylation is 1. The van der Waals surface area contributed by atoms with E-state index < -0.39 is 10.0 Å². The number of aromatic nitrogens is 1. The Hall–Kier alpha value is -1.15. The third kappa shape index (κ3) is 3.94. The summed E-state index contributed by atoms with van der Waals surface area (Å²) in [6.07, 6.45) is 1.65. The van der Waals surface area contributed by atoms with Crippen molar-refractivity contribution in [3.63, 3.8) is 0 Å². The molecule has 0 saturated carbocycles. The van der Waals surface area contributed by atoms with Crippen LogP contribution in [-0.4, -0.2) is 19.5 Å². The van der Waals surface area contributed by atoms with Crippen molar-refractivity contribution in [3.05, 3.63) is 40.3 Å². The van der Waals surface area contributed by atoms with Gasteiger partial charge in [0.1, 0.15) is 0 Å². The first kappa shape index (κ1) is 16.2. The molecular formula is C14H21N3O2S2. The summed E-state index contributed by atoms with van der Waals surface area (Å²) < 4.78 is 29.4. The summed E-state index contributed by atoms with van der Waals surface area (Å²) in [4.78, 5) is 0.306. The second-order valence-corrected chi connectivity index (χ2v) is 7.45. The summed E-state index contributed by atoms with van der Waals surface area (Å²) in [5, 5.41) is 7.09. The van der Waals surface area contributed by atoms with Crippen molar-refractivity contribution in [3.8, 4) is 0 Å². The number of rotatable bonds is 7. The Balaban J connectivity index is 2.16. The van der Waals surface area contributed by atoms with E-state index in [1.54, 1.807) is 23.6 Å². The average Bonchev–Trinajstić information content (AvgIpc) is 3.05. The van der Waals surface area contributed by atoms with Crippen LogP contribution in [0.1, 0.15) is 31.1 Å². The van der Waals surface area contributed by atoms with Crippen LogP contribution in [0.25, 0.3) is 0 Å². The molecule has 2 aromatic rings. The molecule has 0 bridgehead atoms. The highest BCUT2D eigenvalue weighted by Gasteiger charge is 2.20. The molecule has 2 rings (SSSR count). The van der Waals surface area contributed by atoms with Crippen LogP contribution in [0, 0.1) is 0 Å². The molecule has 5 nitrogen and oxygen atoms in total. The fourth-order valence-corrected chi connectivity index (χ4v) is 4.12. The number of nitrogens with zero attached hydrogens (tertiary/aromatic N) is 1. The molecule has 0 aliphatic carbocycles. The third-order valence-electron chi connectivity index (χ3n) is 3.32. The lowest BCUT2D eigenvalue weighted by Gasteiger charge is -2.11. The zero-order valence-electron chi connectivity index (χ0n) is 12.5. The zero-order valence-corrected chi connectivity index (χ0v) is 14.1. The van der Waals surface area contributed by atoms with Gasteiger partial charge in [0, 0.05) is 31.5 Å². The number of hydrogen-bond donors (Lipinski definition) is 2. The summed E-state index contributed by atoms with van der Waals surface area (Å²) in [5.41, 5.74) is 1.92. The summed E-state index contributed by atoms with van der Waals surface area (Å²) >= 11 is 1.56. The second-order valence-electron chi connectivity index (χ2n) is 4.96. The van der Waals surface area contributed by atoms with Crippen LogP contribution in [0.4, 0.5) is 0 Å². The summed E-state index contributed by atoms with van der Waals surface area (Å²) in [7, 11) is -1.65. The highest BCUT2D eigenvalue weighted by molar-refractivity contribution is 7.89. The molecule has 2 aromatic heterocycles. The van der Waals surface area contributed by atoms with Crippen molar-refractivity contribution in [2.45, 2.75) is 31.3 Å². The third-order valence-corrected chi connectivity index (χ3v) is 5.53. The van der Waals surface area contributed by atoms with Gasteiger partial charge in [-0.25, -0.2) is 13.1 Å². The van der Waals surface area contributed by atoms with Crippen molar-refractivity contribution in [2.24, 2.45) is 7.05 Å². The van der Waals surface area contributed by atoms with Gasteiger partial charge in [0.15, 0.2) is 0 Å². The van der Waals surface area contributed by atoms with E-state index in [0.717, 1.165) is 17.8 Å². The summed E-state index contributed by atoms with van der Waals surface area (Å²) in [6, 6.07) is 3.41. The molecule has 1 atom stereocenters. The molecule has 0 fully saturated rings. The SMILES string of the molecule is CCNCc1cc(S(=O)(=O)NC(C)c2ccsc2)cn1C. The van der Waals surface area contributed by atoms with E-state index in [-0.39, 0.29) is 6.04 Å². The molecule has 0 spiro atoms. The fraction of sp³-hybridized carbons (Fsp3) is 0.429. The minimum atomic E-state index is -3.51. The molecular weight excluding hydrogens is 306 g/mol. The smallest absolute Gasteiger partial charge is 0.242 e. The molecule has 21 heavy (non-hydrogen) atoms. The molecule has 0 aliphatic heterocycles. The summed E-state index contributed by atoms with van der Waals surface area (Å²) in [6.45, 7) is 5.37. The monoisotopic (exact) mass is 327 g/mol. The highest BCUT2D eigenvalue weighted by atomic mass is 32.2. The Morgan fingerprint density at radius 3 is 2.81 bits per heavy atom. The second kappa shape index (κ2) is 6.74. The molecule has 7 heteroatoms. The van der Waals surface area contributed by atoms with Gasteiger partial charge in [-0.05, 0) is 41.9 Å². The molecule has 2 N–H and O–H groups in total. The number of nitrogens with one attached hydrogen (secondary N) is 2. The fourth-order valence-electron chi connectivity index (χ4n) is 2.04. The van der Waals surface area contributed by atoms with E-state index >= 15 is 0 Å². The maximum Gasteiger partial charge on any atom is 0.242 e. The van der Waals surface area contributed by atoms with E-state index in [4.69, 9.17) is 0 Å². The number of thiophene rings is 1. The first-order valence-electron chi connectivity index (χ1n) is 6.84. The largest absolute Gasteiger partial charge is 0.352 e. The van der Waals surface area contributed by atoms with Gasteiger partial charge in [0.05, 0.1) is 4.90 Å². The van der Waals surface area contributed by atoms with Crippen LogP contribution >= 0.6 is 11.3 Å². The lowest BCUT2D eigenvalue weighted by Crippen LogP contribution is -2.26. The summed E-state index contributed by atoms with van der Waals surface area (Å²) in [5.74, 6) is 0. The van der Waals surface area contributed by atoms with Crippen molar-refractivity contribution < 1.29 is 8.42 Å². The number of hydrogen-bond acceptors (Lipinski definition) is 4. The molecule has 0 aromatic carbocycles. The van der Waals surface area contributed by atoms with Gasteiger partial charge < -0.3 is 9.88 Å². The van der Waals surface area contributed by atoms with Gasteiger partial charge in [-0.15, -0.1) is 0 Å². The van der Waals surface area contributed by atoms with Crippen LogP contribution in [0.5, 0.6) is 0 Å². The van der Waals surface area contributed by atoms with Gasteiger partial charge in [-0.1, -0.05) is 6.92 Å². The van der Waals surface area contributed by atoms with E-state index in [0.29, 0.717) is 11.4 Å². The quantitative estimate of drug-likeness (QED) is 0.820. The van der Waals surface area contributed by atoms with Crippen molar-refractivity contribution >= 4 is 21.4 Å². The molecule has 0 amide bonds. The van der Waals surface area contributed by atoms with Crippen molar-refractivity contribution in [2.75, 3.05) is 6.54 Å². The highest BCUT2D eigenvalue weighted by Crippen LogP contribution is 2.20. The van der Waals surface area contributed by atoms with Gasteiger partial charge in [-0.3, -0.25) is 0 Å². The van der Waals surface area contributed by atoms with Crippen molar-refractivity contribution in [1.82, 2.24) is 14.6 Å². The van der Waals surface area contributed by atoms with Gasteiger partial charge in [-0.2, -0.15) is 11.3 Å². The minimum absolute atomic E-state index is 0.237. The topological polar surface area (TPSA) is 63.1 Å². The van der Waals surface area contributed by atoms with E-state index in [2.05, 4.69) is 10.0 Å². The van der Waals surface area contributed by atoms with Crippen molar-refractivity contribution in [1.29, 1.82) is 0 Å².